The molecule has 5 nitrogen and oxygen atoms in total. The first kappa shape index (κ1) is 17.9. The molecule has 0 spiro atoms. The molecule has 2 N–H and O–H groups in total. The summed E-state index contributed by atoms with van der Waals surface area (Å²) in [7, 11) is 0. The van der Waals surface area contributed by atoms with Crippen LogP contribution in [0.1, 0.15) is 53.4 Å². The van der Waals surface area contributed by atoms with E-state index in [1.54, 1.807) is 0 Å². The van der Waals surface area contributed by atoms with Crippen LogP contribution in [0.5, 0.6) is 0 Å². The van der Waals surface area contributed by atoms with E-state index in [9.17, 15) is 24.6 Å². The molecule has 2 aliphatic carbocycles. The smallest absolute Gasteiger partial charge is 0.163 e. The third-order valence-electron chi connectivity index (χ3n) is 4.87. The Kier molecular flexibility index (Phi) is 4.55. The van der Waals surface area contributed by atoms with Gasteiger partial charge in [-0.1, -0.05) is 27.7 Å². The second kappa shape index (κ2) is 5.86. The number of Topliss-reactive ketones (excluding diaryl/α,β-unsaturated/α-hetero) is 3. The van der Waals surface area contributed by atoms with Gasteiger partial charge in [-0.15, -0.1) is 0 Å². The van der Waals surface area contributed by atoms with Gasteiger partial charge in [0.1, 0.15) is 11.6 Å². The molecule has 0 aromatic carbocycles. The zero-order valence-corrected chi connectivity index (χ0v) is 14.3. The Labute approximate surface area is 136 Å². The van der Waals surface area contributed by atoms with E-state index in [0.29, 0.717) is 6.42 Å². The lowest BCUT2D eigenvalue weighted by Crippen LogP contribution is -2.45. The van der Waals surface area contributed by atoms with Gasteiger partial charge in [0, 0.05) is 37.2 Å². The molecule has 0 amide bonds. The molecule has 1 fully saturated rings. The highest BCUT2D eigenvalue weighted by Crippen LogP contribution is 2.43. The predicted octanol–water partition coefficient (Wildman–Crippen LogP) is 2.37. The maximum atomic E-state index is 12.5. The fraction of sp³-hybridized carbons (Fsp3) is 0.722. The number of carbonyl (C=O) groups excluding carboxylic acids is 3. The Hall–Kier alpha value is -1.49. The van der Waals surface area contributed by atoms with Gasteiger partial charge in [0.2, 0.25) is 0 Å². The molecule has 0 heterocycles. The van der Waals surface area contributed by atoms with Gasteiger partial charge in [-0.05, 0) is 10.8 Å². The maximum Gasteiger partial charge on any atom is 0.163 e. The molecule has 0 aromatic heterocycles. The van der Waals surface area contributed by atoms with Crippen molar-refractivity contribution < 1.29 is 24.6 Å². The molecule has 2 rings (SSSR count). The van der Waals surface area contributed by atoms with Crippen LogP contribution in [-0.4, -0.2) is 34.2 Å². The summed E-state index contributed by atoms with van der Waals surface area (Å²) in [5.74, 6) is -2.80. The van der Waals surface area contributed by atoms with E-state index in [2.05, 4.69) is 0 Å². The first-order valence-electron chi connectivity index (χ1n) is 8.09. The van der Waals surface area contributed by atoms with Gasteiger partial charge in [0.15, 0.2) is 5.78 Å². The molecule has 0 aliphatic heterocycles. The molecule has 0 aromatic rings. The molecule has 23 heavy (non-hydrogen) atoms. The summed E-state index contributed by atoms with van der Waals surface area (Å²) in [6, 6.07) is 0. The number of allylic oxidation sites excluding steroid dienone is 1. The molecule has 0 radical (unpaired) electrons. The quantitative estimate of drug-likeness (QED) is 0.778. The van der Waals surface area contributed by atoms with Crippen molar-refractivity contribution in [1.82, 2.24) is 0 Å². The molecule has 0 bridgehead atoms. The van der Waals surface area contributed by atoms with E-state index in [1.807, 2.05) is 27.7 Å². The molecule has 2 aliphatic rings. The Morgan fingerprint density at radius 3 is 1.87 bits per heavy atom. The van der Waals surface area contributed by atoms with E-state index in [-0.39, 0.29) is 58.8 Å². The van der Waals surface area contributed by atoms with Crippen LogP contribution in [0.3, 0.4) is 0 Å². The molecule has 128 valence electrons. The van der Waals surface area contributed by atoms with Gasteiger partial charge in [-0.25, -0.2) is 0 Å². The Morgan fingerprint density at radius 1 is 0.957 bits per heavy atom. The lowest BCUT2D eigenvalue weighted by Gasteiger charge is -2.38. The molecule has 0 saturated heterocycles. The number of aliphatic hydroxyl groups excluding tert-OH is 2. The van der Waals surface area contributed by atoms with Crippen molar-refractivity contribution in [3.05, 3.63) is 11.3 Å². The average molecular weight is 322 g/mol. The lowest BCUT2D eigenvalue weighted by molar-refractivity contribution is -0.142. The summed E-state index contributed by atoms with van der Waals surface area (Å²) in [4.78, 5) is 37.4. The first-order valence-corrected chi connectivity index (χ1v) is 8.09. The molecule has 5 heteroatoms. The van der Waals surface area contributed by atoms with Crippen molar-refractivity contribution >= 4 is 17.3 Å². The van der Waals surface area contributed by atoms with Crippen molar-refractivity contribution in [3.63, 3.8) is 0 Å². The average Bonchev–Trinajstić information content (AvgIpc) is 2.31. The van der Waals surface area contributed by atoms with E-state index >= 15 is 0 Å². The minimum Gasteiger partial charge on any atom is -0.512 e. The van der Waals surface area contributed by atoms with Gasteiger partial charge in [-0.2, -0.15) is 0 Å². The highest BCUT2D eigenvalue weighted by molar-refractivity contribution is 6.08. The third-order valence-corrected chi connectivity index (χ3v) is 4.87. The summed E-state index contributed by atoms with van der Waals surface area (Å²) >= 11 is 0. The normalized spacial score (nSPS) is 26.6. The summed E-state index contributed by atoms with van der Waals surface area (Å²) in [5.41, 5.74) is -0.661. The van der Waals surface area contributed by atoms with Crippen molar-refractivity contribution in [2.45, 2.75) is 53.4 Å². The van der Waals surface area contributed by atoms with Gasteiger partial charge >= 0.3 is 0 Å². The van der Waals surface area contributed by atoms with E-state index < -0.39 is 18.4 Å². The fourth-order valence-electron chi connectivity index (χ4n) is 3.94. The second-order valence-corrected chi connectivity index (χ2v) is 8.52. The highest BCUT2D eigenvalue weighted by atomic mass is 16.3. The van der Waals surface area contributed by atoms with Crippen LogP contribution in [-0.2, 0) is 14.4 Å². The number of ketones is 3. The zero-order valence-electron chi connectivity index (χ0n) is 14.3. The number of aliphatic hydroxyl groups is 2. The monoisotopic (exact) mass is 322 g/mol. The van der Waals surface area contributed by atoms with Crippen LogP contribution in [0.2, 0.25) is 0 Å². The van der Waals surface area contributed by atoms with E-state index in [1.165, 1.54) is 0 Å². The Bertz CT molecular complexity index is 562. The van der Waals surface area contributed by atoms with Gasteiger partial charge in [0.05, 0.1) is 18.3 Å². The van der Waals surface area contributed by atoms with Crippen LogP contribution in [0.4, 0.5) is 0 Å². The minimum absolute atomic E-state index is 0.0817. The van der Waals surface area contributed by atoms with E-state index in [4.69, 9.17) is 0 Å². The van der Waals surface area contributed by atoms with Crippen LogP contribution >= 0.6 is 0 Å². The van der Waals surface area contributed by atoms with Crippen molar-refractivity contribution in [3.8, 4) is 0 Å². The van der Waals surface area contributed by atoms with E-state index in [0.717, 1.165) is 0 Å². The predicted molar refractivity (Wildman–Crippen MR) is 84.8 cm³/mol. The molecule has 1 saturated carbocycles. The van der Waals surface area contributed by atoms with Crippen LogP contribution < -0.4 is 0 Å². The third kappa shape index (κ3) is 3.55. The standard InChI is InChI=1S/C18H26O5/c1-17(2)5-11(20)15(12(21)6-17)10(9-19)16-13(22)7-18(3,4)8-14(16)23/h10,15,19,22H,5-9H2,1-4H3/t10-/m1/s1. The van der Waals surface area contributed by atoms with Crippen molar-refractivity contribution in [1.29, 1.82) is 0 Å². The minimum atomic E-state index is -1.02. The number of hydrogen-bond acceptors (Lipinski definition) is 5. The number of hydrogen-bond donors (Lipinski definition) is 2. The van der Waals surface area contributed by atoms with Crippen LogP contribution in [0, 0.1) is 22.7 Å². The Morgan fingerprint density at radius 2 is 1.43 bits per heavy atom. The summed E-state index contributed by atoms with van der Waals surface area (Å²) < 4.78 is 0. The fourth-order valence-corrected chi connectivity index (χ4v) is 3.94. The zero-order chi connectivity index (χ0) is 17.6. The summed E-state index contributed by atoms with van der Waals surface area (Å²) in [6.45, 7) is 6.99. The highest BCUT2D eigenvalue weighted by Gasteiger charge is 2.47. The Balaban J connectivity index is 2.38. The second-order valence-electron chi connectivity index (χ2n) is 8.52. The first-order chi connectivity index (χ1) is 10.5. The molecular formula is C18H26O5. The van der Waals surface area contributed by atoms with Crippen LogP contribution in [0.15, 0.2) is 11.3 Å². The SMILES string of the molecule is CC1(C)CC(=O)C([C@@H](CO)C2=C(O)CC(C)(C)CC2=O)C(=O)C1. The topological polar surface area (TPSA) is 91.7 Å². The van der Waals surface area contributed by atoms with Gasteiger partial charge in [0.25, 0.3) is 0 Å². The summed E-state index contributed by atoms with van der Waals surface area (Å²) in [5, 5.41) is 20.1. The maximum absolute atomic E-state index is 12.5. The van der Waals surface area contributed by atoms with Crippen LogP contribution in [0.25, 0.3) is 0 Å². The largest absolute Gasteiger partial charge is 0.512 e. The van der Waals surface area contributed by atoms with Gasteiger partial charge < -0.3 is 10.2 Å². The van der Waals surface area contributed by atoms with Crippen molar-refractivity contribution in [2.24, 2.45) is 22.7 Å². The summed E-state index contributed by atoms with van der Waals surface area (Å²) in [6.07, 6.45) is 1.04. The molecule has 0 unspecified atom stereocenters. The number of rotatable bonds is 3. The van der Waals surface area contributed by atoms with Gasteiger partial charge in [-0.3, -0.25) is 14.4 Å². The molecular weight excluding hydrogens is 296 g/mol. The lowest BCUT2D eigenvalue weighted by atomic mass is 9.64. The molecule has 1 atom stereocenters. The number of carbonyl (C=O) groups is 3. The van der Waals surface area contributed by atoms with Crippen molar-refractivity contribution in [2.75, 3.05) is 6.61 Å².